The fraction of sp³-hybridized carbons (Fsp3) is 0.346. The molecule has 1 aliphatic heterocycles. The van der Waals surface area contributed by atoms with Crippen LogP contribution in [0.1, 0.15) is 36.4 Å². The topological polar surface area (TPSA) is 74.5 Å². The molecule has 0 spiro atoms. The van der Waals surface area contributed by atoms with Gasteiger partial charge in [0.05, 0.1) is 39.1 Å². The van der Waals surface area contributed by atoms with E-state index in [1.165, 1.54) is 30.7 Å². The first kappa shape index (κ1) is 25.0. The Hall–Kier alpha value is -2.65. The summed E-state index contributed by atoms with van der Waals surface area (Å²) in [7, 11) is 1.61. The van der Waals surface area contributed by atoms with Gasteiger partial charge in [0.2, 0.25) is 0 Å². The van der Waals surface area contributed by atoms with E-state index in [-0.39, 0.29) is 0 Å². The van der Waals surface area contributed by atoms with Crippen molar-refractivity contribution in [1.82, 2.24) is 25.2 Å². The molecule has 36 heavy (non-hydrogen) atoms. The van der Waals surface area contributed by atoms with E-state index in [2.05, 4.69) is 32.5 Å². The highest BCUT2D eigenvalue weighted by Crippen LogP contribution is 2.36. The van der Waals surface area contributed by atoms with Gasteiger partial charge in [-0.1, -0.05) is 30.1 Å². The predicted octanol–water partition coefficient (Wildman–Crippen LogP) is 6.75. The molecule has 1 fully saturated rings. The first-order chi connectivity index (χ1) is 17.5. The summed E-state index contributed by atoms with van der Waals surface area (Å²) in [5, 5.41) is 9.55. The molecule has 0 bridgehead atoms. The Morgan fingerprint density at radius 1 is 1.14 bits per heavy atom. The zero-order valence-electron chi connectivity index (χ0n) is 20.1. The lowest BCUT2D eigenvalue weighted by molar-refractivity contribution is 0.217. The highest BCUT2D eigenvalue weighted by Gasteiger charge is 2.23. The van der Waals surface area contributed by atoms with Gasteiger partial charge in [0.15, 0.2) is 17.3 Å². The smallest absolute Gasteiger partial charge is 0.163 e. The third-order valence-corrected chi connectivity index (χ3v) is 8.08. The number of hydrogen-bond acceptors (Lipinski definition) is 7. The van der Waals surface area contributed by atoms with Crippen LogP contribution in [0.3, 0.4) is 0 Å². The molecule has 10 heteroatoms. The van der Waals surface area contributed by atoms with E-state index in [9.17, 15) is 0 Å². The molecule has 0 amide bonds. The van der Waals surface area contributed by atoms with Gasteiger partial charge in [-0.25, -0.2) is 20.3 Å². The van der Waals surface area contributed by atoms with E-state index >= 15 is 0 Å². The molecule has 7 nitrogen and oxygen atoms in total. The summed E-state index contributed by atoms with van der Waals surface area (Å²) < 4.78 is 11.8. The Bertz CT molecular complexity index is 1370. The number of thiazole rings is 1. The van der Waals surface area contributed by atoms with Crippen LogP contribution >= 0.6 is 34.5 Å². The van der Waals surface area contributed by atoms with Gasteiger partial charge < -0.3 is 14.4 Å². The highest BCUT2D eigenvalue weighted by atomic mass is 35.5. The number of aromatic nitrogens is 3. The van der Waals surface area contributed by atoms with Crippen LogP contribution in [0, 0.1) is 0 Å². The van der Waals surface area contributed by atoms with Crippen LogP contribution < -0.4 is 14.8 Å². The van der Waals surface area contributed by atoms with Gasteiger partial charge in [0, 0.05) is 29.3 Å². The number of likely N-dealkylation sites (tertiary alicyclic amines) is 1. The van der Waals surface area contributed by atoms with Crippen molar-refractivity contribution in [2.24, 2.45) is 0 Å². The Kier molecular flexibility index (Phi) is 7.76. The molecule has 1 unspecified atom stereocenters. The fourth-order valence-electron chi connectivity index (χ4n) is 4.36. The molecule has 0 N–H and O–H groups in total. The number of methoxy groups -OCH3 is 1. The summed E-state index contributed by atoms with van der Waals surface area (Å²) in [4.78, 5) is 16.1. The Morgan fingerprint density at radius 2 is 2.03 bits per heavy atom. The van der Waals surface area contributed by atoms with Crippen LogP contribution in [-0.4, -0.2) is 46.6 Å². The van der Waals surface area contributed by atoms with Crippen molar-refractivity contribution >= 4 is 56.9 Å². The number of ether oxygens (including phenoxy) is 2. The lowest BCUT2D eigenvalue weighted by Crippen LogP contribution is -2.34. The Balaban J connectivity index is 1.33. The predicted molar refractivity (Wildman–Crippen MR) is 145 cm³/mol. The van der Waals surface area contributed by atoms with Crippen molar-refractivity contribution in [3.63, 3.8) is 0 Å². The van der Waals surface area contributed by atoms with Crippen LogP contribution in [0.25, 0.3) is 10.9 Å². The number of nitrogens with zero attached hydrogens (tertiary/aromatic N) is 5. The molecular formula is C26H26Cl2N5O2S. The quantitative estimate of drug-likeness (QED) is 0.245. The molecule has 2 aromatic heterocycles. The second-order valence-corrected chi connectivity index (χ2v) is 10.3. The largest absolute Gasteiger partial charge is 0.493 e. The minimum absolute atomic E-state index is 0.355. The monoisotopic (exact) mass is 542 g/mol. The molecule has 2 aromatic carbocycles. The molecule has 1 radical (unpaired) electrons. The molecule has 0 saturated carbocycles. The molecular weight excluding hydrogens is 517 g/mol. The molecule has 187 valence electrons. The first-order valence-corrected chi connectivity index (χ1v) is 13.5. The van der Waals surface area contributed by atoms with Crippen molar-refractivity contribution in [3.05, 3.63) is 62.8 Å². The molecule has 0 aliphatic carbocycles. The second kappa shape index (κ2) is 11.2. The molecule has 1 saturated heterocycles. The summed E-state index contributed by atoms with van der Waals surface area (Å²) in [6, 6.07) is 8.87. The van der Waals surface area contributed by atoms with Gasteiger partial charge in [-0.2, -0.15) is 0 Å². The fourth-order valence-corrected chi connectivity index (χ4v) is 5.59. The van der Waals surface area contributed by atoms with Crippen molar-refractivity contribution in [1.29, 1.82) is 0 Å². The Labute approximate surface area is 224 Å². The van der Waals surface area contributed by atoms with E-state index in [1.54, 1.807) is 36.6 Å². The van der Waals surface area contributed by atoms with E-state index in [1.807, 2.05) is 12.1 Å². The number of rotatable bonds is 8. The lowest BCUT2D eigenvalue weighted by Gasteiger charge is -2.30. The maximum absolute atomic E-state index is 6.14. The minimum Gasteiger partial charge on any atom is -0.493 e. The van der Waals surface area contributed by atoms with Crippen LogP contribution in [0.5, 0.6) is 11.5 Å². The average Bonchev–Trinajstić information content (AvgIpc) is 3.38. The van der Waals surface area contributed by atoms with Gasteiger partial charge in [0.25, 0.3) is 0 Å². The molecule has 1 atom stereocenters. The third-order valence-electron chi connectivity index (χ3n) is 6.28. The van der Waals surface area contributed by atoms with Crippen LogP contribution in [0.2, 0.25) is 10.0 Å². The molecule has 4 aromatic rings. The van der Waals surface area contributed by atoms with Gasteiger partial charge in [0.1, 0.15) is 12.9 Å². The van der Waals surface area contributed by atoms with Crippen LogP contribution in [-0.2, 0) is 6.61 Å². The van der Waals surface area contributed by atoms with Gasteiger partial charge in [-0.15, -0.1) is 11.3 Å². The van der Waals surface area contributed by atoms with Gasteiger partial charge >= 0.3 is 0 Å². The molecule has 1 aliphatic rings. The number of piperidine rings is 1. The number of hydrogen-bond donors (Lipinski definition) is 0. The minimum atomic E-state index is 0.355. The maximum Gasteiger partial charge on any atom is 0.163 e. The Morgan fingerprint density at radius 3 is 2.83 bits per heavy atom. The zero-order chi connectivity index (χ0) is 25.1. The van der Waals surface area contributed by atoms with E-state index in [0.29, 0.717) is 51.1 Å². The van der Waals surface area contributed by atoms with Crippen molar-refractivity contribution in [3.8, 4) is 11.5 Å². The van der Waals surface area contributed by atoms with Gasteiger partial charge in [-0.05, 0) is 50.2 Å². The zero-order valence-corrected chi connectivity index (χ0v) is 22.4. The van der Waals surface area contributed by atoms with Gasteiger partial charge in [-0.3, -0.25) is 0 Å². The summed E-state index contributed by atoms with van der Waals surface area (Å²) in [6.45, 7) is 5.93. The summed E-state index contributed by atoms with van der Waals surface area (Å²) in [5.41, 5.74) is 2.26. The van der Waals surface area contributed by atoms with Crippen molar-refractivity contribution in [2.45, 2.75) is 32.3 Å². The third kappa shape index (κ3) is 5.52. The maximum atomic E-state index is 6.14. The lowest BCUT2D eigenvalue weighted by atomic mass is 9.99. The van der Waals surface area contributed by atoms with Crippen LogP contribution in [0.15, 0.2) is 42.0 Å². The summed E-state index contributed by atoms with van der Waals surface area (Å²) >= 11 is 13.9. The van der Waals surface area contributed by atoms with Crippen LogP contribution in [0.4, 0.5) is 11.5 Å². The number of fused-ring (bicyclic) bond motifs is 1. The summed E-state index contributed by atoms with van der Waals surface area (Å²) in [6.07, 6.45) is 3.89. The van der Waals surface area contributed by atoms with E-state index < -0.39 is 0 Å². The second-order valence-electron chi connectivity index (χ2n) is 8.63. The molecule has 5 rings (SSSR count). The van der Waals surface area contributed by atoms with Crippen molar-refractivity contribution < 1.29 is 9.47 Å². The normalized spacial score (nSPS) is 16.3. The van der Waals surface area contributed by atoms with E-state index in [0.717, 1.165) is 24.2 Å². The average molecular weight is 544 g/mol. The SMILES string of the molecule is CCN1CCCC(c2nc(COc3cc4ncnc([N]c5ccc(Cl)c(Cl)c5)c4cc3OC)cs2)C1. The standard InChI is InChI=1S/C26H26Cl2N5O2S/c1-3-33-8-4-5-16(12-33)26-32-18(14-36-26)13-35-24-11-22-19(10-23(24)34-2)25(30-15-29-22)31-17-6-7-20(27)21(28)9-17/h6-7,9-11,14-16H,3-5,8,12-13H2,1-2H3. The number of halogens is 2. The molecule has 3 heterocycles. The number of likely N-dealkylation sites (N-methyl/N-ethyl adjacent to an activating group) is 1. The first-order valence-electron chi connectivity index (χ1n) is 11.8. The highest BCUT2D eigenvalue weighted by molar-refractivity contribution is 7.09. The number of benzene rings is 2. The summed E-state index contributed by atoms with van der Waals surface area (Å²) in [5.74, 6) is 2.17. The van der Waals surface area contributed by atoms with Crippen molar-refractivity contribution in [2.75, 3.05) is 26.7 Å². The van der Waals surface area contributed by atoms with E-state index in [4.69, 9.17) is 37.7 Å².